The molecule has 4 aromatic rings. The van der Waals surface area contributed by atoms with Gasteiger partial charge in [-0.15, -0.1) is 32.9 Å². The third kappa shape index (κ3) is 4.82. The molecule has 0 fully saturated rings. The first-order valence-corrected chi connectivity index (χ1v) is 12.5. The molecule has 8 nitrogen and oxygen atoms in total. The van der Waals surface area contributed by atoms with E-state index >= 15 is 0 Å². The molecular formula is C23H23N5O3S2. The van der Waals surface area contributed by atoms with Crippen molar-refractivity contribution in [2.24, 2.45) is 5.10 Å². The molecule has 4 aromatic heterocycles. The summed E-state index contributed by atoms with van der Waals surface area (Å²) in [7, 11) is 0. The van der Waals surface area contributed by atoms with Gasteiger partial charge in [0.25, 0.3) is 11.8 Å². The van der Waals surface area contributed by atoms with Gasteiger partial charge in [0, 0.05) is 11.3 Å². The number of carbonyl (C=O) groups excluding carboxylic acids is 1. The predicted molar refractivity (Wildman–Crippen MR) is 127 cm³/mol. The number of aromatic nitrogens is 2. The predicted octanol–water partition coefficient (Wildman–Crippen LogP) is 5.04. The topological polar surface area (TPSA) is 88.0 Å². The lowest BCUT2D eigenvalue weighted by molar-refractivity contribution is -0.134. The van der Waals surface area contributed by atoms with Crippen molar-refractivity contribution in [2.45, 2.75) is 32.4 Å². The van der Waals surface area contributed by atoms with Crippen molar-refractivity contribution in [3.8, 4) is 11.7 Å². The highest BCUT2D eigenvalue weighted by Crippen LogP contribution is 2.36. The number of hydrogen-bond acceptors (Lipinski definition) is 9. The van der Waals surface area contributed by atoms with E-state index in [1.54, 1.807) is 46.1 Å². The Morgan fingerprint density at radius 2 is 2.06 bits per heavy atom. The van der Waals surface area contributed by atoms with Gasteiger partial charge in [-0.25, -0.2) is 5.01 Å². The highest BCUT2D eigenvalue weighted by molar-refractivity contribution is 7.12. The number of rotatable bonds is 9. The van der Waals surface area contributed by atoms with Crippen molar-refractivity contribution in [3.05, 3.63) is 69.1 Å². The molecule has 0 bridgehead atoms. The molecule has 1 unspecified atom stereocenters. The number of thiophene rings is 2. The summed E-state index contributed by atoms with van der Waals surface area (Å²) in [5, 5.41) is 18.7. The van der Waals surface area contributed by atoms with Gasteiger partial charge in [0.2, 0.25) is 5.89 Å². The van der Waals surface area contributed by atoms with Crippen LogP contribution < -0.4 is 0 Å². The highest BCUT2D eigenvalue weighted by atomic mass is 32.1. The van der Waals surface area contributed by atoms with Crippen LogP contribution in [0.4, 0.5) is 0 Å². The summed E-state index contributed by atoms with van der Waals surface area (Å²) in [6.07, 6.45) is 3.17. The highest BCUT2D eigenvalue weighted by Gasteiger charge is 2.34. The number of hydrazone groups is 1. The van der Waals surface area contributed by atoms with E-state index in [0.717, 1.165) is 34.9 Å². The quantitative estimate of drug-likeness (QED) is 0.333. The van der Waals surface area contributed by atoms with Crippen LogP contribution >= 0.6 is 22.7 Å². The number of amides is 1. The Kier molecular flexibility index (Phi) is 6.47. The molecule has 0 saturated heterocycles. The van der Waals surface area contributed by atoms with E-state index in [1.807, 2.05) is 27.8 Å². The van der Waals surface area contributed by atoms with Crippen LogP contribution in [0, 0.1) is 0 Å². The van der Waals surface area contributed by atoms with Crippen LogP contribution in [0.1, 0.15) is 41.5 Å². The molecule has 1 aliphatic heterocycles. The van der Waals surface area contributed by atoms with E-state index in [2.05, 4.69) is 29.3 Å². The summed E-state index contributed by atoms with van der Waals surface area (Å²) in [4.78, 5) is 17.7. The SMILES string of the molecule is CCCN(CC(=O)N1N=C(c2cccs2)CC1c1cccs1)Cc1nnc(-c2ccco2)o1. The van der Waals surface area contributed by atoms with Gasteiger partial charge in [-0.2, -0.15) is 5.10 Å². The van der Waals surface area contributed by atoms with Gasteiger partial charge in [0.15, 0.2) is 5.76 Å². The molecule has 1 atom stereocenters. The zero-order valence-corrected chi connectivity index (χ0v) is 19.7. The lowest BCUT2D eigenvalue weighted by Crippen LogP contribution is -2.38. The lowest BCUT2D eigenvalue weighted by Gasteiger charge is -2.25. The Balaban J connectivity index is 1.32. The minimum absolute atomic E-state index is 0.0424. The van der Waals surface area contributed by atoms with Crippen molar-refractivity contribution < 1.29 is 13.6 Å². The summed E-state index contributed by atoms with van der Waals surface area (Å²) in [6.45, 7) is 3.40. The molecule has 0 radical (unpaired) electrons. The summed E-state index contributed by atoms with van der Waals surface area (Å²) in [6, 6.07) is 11.6. The van der Waals surface area contributed by atoms with E-state index in [9.17, 15) is 4.79 Å². The molecule has 170 valence electrons. The molecular weight excluding hydrogens is 458 g/mol. The van der Waals surface area contributed by atoms with Gasteiger partial charge in [0.05, 0.1) is 36.0 Å². The van der Waals surface area contributed by atoms with Gasteiger partial charge in [-0.3, -0.25) is 9.69 Å². The van der Waals surface area contributed by atoms with E-state index in [1.165, 1.54) is 0 Å². The molecule has 0 aromatic carbocycles. The fourth-order valence-corrected chi connectivity index (χ4v) is 5.37. The van der Waals surface area contributed by atoms with Crippen LogP contribution in [0.2, 0.25) is 0 Å². The normalized spacial score (nSPS) is 16.0. The van der Waals surface area contributed by atoms with Crippen molar-refractivity contribution in [2.75, 3.05) is 13.1 Å². The molecule has 0 aliphatic carbocycles. The molecule has 1 amide bonds. The lowest BCUT2D eigenvalue weighted by atomic mass is 10.1. The molecule has 0 saturated carbocycles. The zero-order valence-electron chi connectivity index (χ0n) is 18.1. The summed E-state index contributed by atoms with van der Waals surface area (Å²) >= 11 is 3.30. The fourth-order valence-electron chi connectivity index (χ4n) is 3.84. The van der Waals surface area contributed by atoms with Crippen LogP contribution in [0.3, 0.4) is 0 Å². The van der Waals surface area contributed by atoms with Gasteiger partial charge >= 0.3 is 0 Å². The number of furan rings is 1. The third-order valence-electron chi connectivity index (χ3n) is 5.30. The first kappa shape index (κ1) is 21.7. The largest absolute Gasteiger partial charge is 0.459 e. The van der Waals surface area contributed by atoms with Gasteiger partial charge in [0.1, 0.15) is 0 Å². The van der Waals surface area contributed by atoms with E-state index in [-0.39, 0.29) is 18.5 Å². The van der Waals surface area contributed by atoms with Crippen molar-refractivity contribution in [3.63, 3.8) is 0 Å². The van der Waals surface area contributed by atoms with Gasteiger partial charge < -0.3 is 8.83 Å². The Bertz CT molecular complexity index is 1200. The van der Waals surface area contributed by atoms with Crippen molar-refractivity contribution in [1.82, 2.24) is 20.1 Å². The number of carbonyl (C=O) groups is 1. The Labute approximate surface area is 199 Å². The van der Waals surface area contributed by atoms with Crippen LogP contribution in [0.25, 0.3) is 11.7 Å². The summed E-state index contributed by atoms with van der Waals surface area (Å²) < 4.78 is 11.1. The van der Waals surface area contributed by atoms with E-state index in [0.29, 0.717) is 24.1 Å². The van der Waals surface area contributed by atoms with Crippen LogP contribution in [-0.4, -0.2) is 44.8 Å². The van der Waals surface area contributed by atoms with Gasteiger partial charge in [-0.05, 0) is 48.0 Å². The van der Waals surface area contributed by atoms with Gasteiger partial charge in [-0.1, -0.05) is 19.1 Å². The summed E-state index contributed by atoms with van der Waals surface area (Å²) in [5.74, 6) is 1.26. The smallest absolute Gasteiger partial charge is 0.283 e. The molecule has 0 N–H and O–H groups in total. The Hall–Kier alpha value is -3.08. The van der Waals surface area contributed by atoms with E-state index < -0.39 is 0 Å². The number of nitrogens with zero attached hydrogens (tertiary/aromatic N) is 5. The van der Waals surface area contributed by atoms with Crippen LogP contribution in [-0.2, 0) is 11.3 Å². The molecule has 33 heavy (non-hydrogen) atoms. The maximum Gasteiger partial charge on any atom is 0.283 e. The van der Waals surface area contributed by atoms with Crippen molar-refractivity contribution >= 4 is 34.3 Å². The maximum absolute atomic E-state index is 13.4. The molecule has 10 heteroatoms. The minimum atomic E-state index is -0.0768. The standard InChI is InChI=1S/C23H23N5O3S2/c1-2-9-27(14-21-24-25-23(31-21)18-6-3-10-30-18)15-22(29)28-17(20-8-5-12-33-20)13-16(26-28)19-7-4-11-32-19/h3-8,10-12,17H,2,9,13-15H2,1H3. The molecule has 5 rings (SSSR count). The monoisotopic (exact) mass is 481 g/mol. The third-order valence-corrected chi connectivity index (χ3v) is 7.19. The molecule has 5 heterocycles. The second-order valence-corrected chi connectivity index (χ2v) is 9.61. The molecule has 1 aliphatic rings. The first-order valence-electron chi connectivity index (χ1n) is 10.8. The second kappa shape index (κ2) is 9.82. The Morgan fingerprint density at radius 3 is 2.79 bits per heavy atom. The minimum Gasteiger partial charge on any atom is -0.459 e. The Morgan fingerprint density at radius 1 is 1.18 bits per heavy atom. The van der Waals surface area contributed by atoms with Crippen LogP contribution in [0.15, 0.2) is 67.4 Å². The molecule has 0 spiro atoms. The first-order chi connectivity index (χ1) is 16.2. The average Bonchev–Trinajstić information content (AvgIpc) is 3.61. The maximum atomic E-state index is 13.4. The van der Waals surface area contributed by atoms with Crippen molar-refractivity contribution in [1.29, 1.82) is 0 Å². The van der Waals surface area contributed by atoms with Crippen LogP contribution in [0.5, 0.6) is 0 Å². The average molecular weight is 482 g/mol. The van der Waals surface area contributed by atoms with E-state index in [4.69, 9.17) is 13.9 Å². The summed E-state index contributed by atoms with van der Waals surface area (Å²) in [5.41, 5.74) is 0.957. The fraction of sp³-hybridized carbons (Fsp3) is 0.304. The number of hydrogen-bond donors (Lipinski definition) is 0. The zero-order chi connectivity index (χ0) is 22.6. The second-order valence-electron chi connectivity index (χ2n) is 7.69.